The Morgan fingerprint density at radius 1 is 0.950 bits per heavy atom. The maximum absolute atomic E-state index is 11.6. The average Bonchev–Trinajstić information content (AvgIpc) is 2.43. The first-order valence-electron chi connectivity index (χ1n) is 6.63. The van der Waals surface area contributed by atoms with Crippen molar-refractivity contribution in [1.29, 1.82) is 0 Å². The van der Waals surface area contributed by atoms with Crippen LogP contribution in [0.3, 0.4) is 0 Å². The number of aromatic carboxylic acids is 2. The third-order valence-corrected chi connectivity index (χ3v) is 3.95. The van der Waals surface area contributed by atoms with Gasteiger partial charge in [-0.3, -0.25) is 0 Å². The molecule has 0 aromatic heterocycles. The van der Waals surface area contributed by atoms with Gasteiger partial charge in [0.05, 0.1) is 11.1 Å². The number of carboxylic acids is 2. The van der Waals surface area contributed by atoms with Crippen LogP contribution in [0, 0.1) is 0 Å². The van der Waals surface area contributed by atoms with Crippen molar-refractivity contribution >= 4 is 22.7 Å². The van der Waals surface area contributed by atoms with Crippen LogP contribution in [-0.2, 0) is 12.8 Å². The smallest absolute Gasteiger partial charge is 0.336 e. The molecule has 0 unspecified atom stereocenters. The molecule has 1 aliphatic rings. The van der Waals surface area contributed by atoms with Crippen molar-refractivity contribution < 1.29 is 19.8 Å². The molecule has 0 bridgehead atoms. The highest BCUT2D eigenvalue weighted by Gasteiger charge is 2.22. The van der Waals surface area contributed by atoms with E-state index in [-0.39, 0.29) is 11.1 Å². The molecule has 0 saturated heterocycles. The molecular formula is C16H14O4. The molecule has 3 rings (SSSR count). The molecule has 1 aliphatic carbocycles. The Labute approximate surface area is 115 Å². The highest BCUT2D eigenvalue weighted by molar-refractivity contribution is 6.11. The minimum absolute atomic E-state index is 0.165. The number of carboxylic acid groups (broad SMARTS) is 2. The van der Waals surface area contributed by atoms with Crippen molar-refractivity contribution in [2.24, 2.45) is 0 Å². The van der Waals surface area contributed by atoms with E-state index in [4.69, 9.17) is 0 Å². The number of hydrogen-bond acceptors (Lipinski definition) is 2. The maximum atomic E-state index is 11.6. The van der Waals surface area contributed by atoms with Gasteiger partial charge >= 0.3 is 11.9 Å². The van der Waals surface area contributed by atoms with Gasteiger partial charge in [-0.25, -0.2) is 9.59 Å². The lowest BCUT2D eigenvalue weighted by Gasteiger charge is -2.20. The zero-order chi connectivity index (χ0) is 14.3. The van der Waals surface area contributed by atoms with E-state index in [0.29, 0.717) is 10.8 Å². The van der Waals surface area contributed by atoms with E-state index in [1.807, 2.05) is 6.07 Å². The molecule has 20 heavy (non-hydrogen) atoms. The summed E-state index contributed by atoms with van der Waals surface area (Å²) in [5.74, 6) is -2.00. The lowest BCUT2D eigenvalue weighted by molar-refractivity contribution is 0.0685. The van der Waals surface area contributed by atoms with Gasteiger partial charge < -0.3 is 10.2 Å². The Hall–Kier alpha value is -2.36. The van der Waals surface area contributed by atoms with Crippen LogP contribution in [0.4, 0.5) is 0 Å². The van der Waals surface area contributed by atoms with E-state index in [9.17, 15) is 19.8 Å². The molecule has 0 atom stereocenters. The van der Waals surface area contributed by atoms with Crippen LogP contribution in [0.2, 0.25) is 0 Å². The molecule has 0 heterocycles. The molecule has 0 spiro atoms. The molecule has 0 fully saturated rings. The molecule has 4 heteroatoms. The maximum Gasteiger partial charge on any atom is 0.336 e. The first-order valence-corrected chi connectivity index (χ1v) is 6.63. The van der Waals surface area contributed by atoms with Gasteiger partial charge in [0.1, 0.15) is 0 Å². The lowest BCUT2D eigenvalue weighted by Crippen LogP contribution is -2.12. The average molecular weight is 270 g/mol. The largest absolute Gasteiger partial charge is 0.478 e. The molecule has 0 radical (unpaired) electrons. The number of aryl methyl sites for hydroxylation is 1. The van der Waals surface area contributed by atoms with Crippen LogP contribution in [0.15, 0.2) is 24.3 Å². The number of hydrogen-bond donors (Lipinski definition) is 2. The van der Waals surface area contributed by atoms with E-state index in [1.165, 1.54) is 6.07 Å². The SMILES string of the molecule is O=C(O)c1cccc2c(C(=O)O)c3c(cc12)CCCC3. The van der Waals surface area contributed by atoms with Crippen LogP contribution in [0.5, 0.6) is 0 Å². The summed E-state index contributed by atoms with van der Waals surface area (Å²) < 4.78 is 0. The summed E-state index contributed by atoms with van der Waals surface area (Å²) in [5.41, 5.74) is 2.30. The predicted molar refractivity (Wildman–Crippen MR) is 74.5 cm³/mol. The quantitative estimate of drug-likeness (QED) is 0.879. The molecule has 2 N–H and O–H groups in total. The summed E-state index contributed by atoms with van der Waals surface area (Å²) in [5, 5.41) is 19.8. The number of fused-ring (bicyclic) bond motifs is 2. The van der Waals surface area contributed by atoms with Gasteiger partial charge in [0.2, 0.25) is 0 Å². The minimum atomic E-state index is -1.03. The van der Waals surface area contributed by atoms with Gasteiger partial charge in [-0.15, -0.1) is 0 Å². The predicted octanol–water partition coefficient (Wildman–Crippen LogP) is 3.12. The Morgan fingerprint density at radius 2 is 1.70 bits per heavy atom. The Kier molecular flexibility index (Phi) is 2.93. The van der Waals surface area contributed by atoms with Gasteiger partial charge in [-0.05, 0) is 59.7 Å². The number of rotatable bonds is 2. The fourth-order valence-corrected chi connectivity index (χ4v) is 3.08. The monoisotopic (exact) mass is 270 g/mol. The standard InChI is InChI=1S/C16H14O4/c17-15(18)12-7-3-6-11-13(12)8-9-4-1-2-5-10(9)14(11)16(19)20/h3,6-8H,1-2,4-5H2,(H,17,18)(H,19,20). The summed E-state index contributed by atoms with van der Waals surface area (Å²) in [4.78, 5) is 22.9. The third-order valence-electron chi connectivity index (χ3n) is 3.95. The highest BCUT2D eigenvalue weighted by Crippen LogP contribution is 2.33. The number of carbonyl (C=O) groups is 2. The lowest BCUT2D eigenvalue weighted by atomic mass is 9.84. The van der Waals surface area contributed by atoms with Crippen molar-refractivity contribution in [2.45, 2.75) is 25.7 Å². The van der Waals surface area contributed by atoms with Crippen molar-refractivity contribution in [3.05, 3.63) is 46.5 Å². The summed E-state index contributed by atoms with van der Waals surface area (Å²) >= 11 is 0. The first-order chi connectivity index (χ1) is 9.59. The first kappa shape index (κ1) is 12.7. The minimum Gasteiger partial charge on any atom is -0.478 e. The van der Waals surface area contributed by atoms with Crippen LogP contribution in [-0.4, -0.2) is 22.2 Å². The van der Waals surface area contributed by atoms with E-state index >= 15 is 0 Å². The molecule has 102 valence electrons. The summed E-state index contributed by atoms with van der Waals surface area (Å²) in [6.07, 6.45) is 3.58. The van der Waals surface area contributed by atoms with Crippen molar-refractivity contribution in [3.8, 4) is 0 Å². The Morgan fingerprint density at radius 3 is 2.40 bits per heavy atom. The fraction of sp³-hybridized carbons (Fsp3) is 0.250. The van der Waals surface area contributed by atoms with Gasteiger partial charge in [-0.1, -0.05) is 12.1 Å². The molecule has 0 amide bonds. The second-order valence-corrected chi connectivity index (χ2v) is 5.11. The summed E-state index contributed by atoms with van der Waals surface area (Å²) in [6.45, 7) is 0. The van der Waals surface area contributed by atoms with Gasteiger partial charge in [0, 0.05) is 0 Å². The van der Waals surface area contributed by atoms with Crippen molar-refractivity contribution in [3.63, 3.8) is 0 Å². The molecule has 2 aromatic rings. The molecular weight excluding hydrogens is 256 g/mol. The highest BCUT2D eigenvalue weighted by atomic mass is 16.4. The zero-order valence-corrected chi connectivity index (χ0v) is 10.8. The van der Waals surface area contributed by atoms with Crippen LogP contribution >= 0.6 is 0 Å². The fourth-order valence-electron chi connectivity index (χ4n) is 3.08. The second-order valence-electron chi connectivity index (χ2n) is 5.11. The van der Waals surface area contributed by atoms with Gasteiger partial charge in [0.15, 0.2) is 0 Å². The van der Waals surface area contributed by atoms with Crippen LogP contribution in [0.1, 0.15) is 44.7 Å². The number of benzene rings is 2. The zero-order valence-electron chi connectivity index (χ0n) is 10.8. The molecule has 0 aliphatic heterocycles. The van der Waals surface area contributed by atoms with Crippen molar-refractivity contribution in [2.75, 3.05) is 0 Å². The third kappa shape index (κ3) is 1.84. The summed E-state index contributed by atoms with van der Waals surface area (Å²) in [6, 6.07) is 6.68. The Balaban J connectivity index is 2.44. The van der Waals surface area contributed by atoms with Crippen LogP contribution in [0.25, 0.3) is 10.8 Å². The van der Waals surface area contributed by atoms with E-state index in [1.54, 1.807) is 12.1 Å². The van der Waals surface area contributed by atoms with E-state index in [2.05, 4.69) is 0 Å². The van der Waals surface area contributed by atoms with Gasteiger partial charge in [-0.2, -0.15) is 0 Å². The van der Waals surface area contributed by atoms with Crippen molar-refractivity contribution in [1.82, 2.24) is 0 Å². The topological polar surface area (TPSA) is 74.6 Å². The second kappa shape index (κ2) is 4.63. The molecule has 4 nitrogen and oxygen atoms in total. The van der Waals surface area contributed by atoms with E-state index < -0.39 is 11.9 Å². The van der Waals surface area contributed by atoms with E-state index in [0.717, 1.165) is 36.8 Å². The molecule has 0 saturated carbocycles. The van der Waals surface area contributed by atoms with Gasteiger partial charge in [0.25, 0.3) is 0 Å². The van der Waals surface area contributed by atoms with Crippen LogP contribution < -0.4 is 0 Å². The summed E-state index contributed by atoms with van der Waals surface area (Å²) in [7, 11) is 0. The Bertz CT molecular complexity index is 731. The molecule has 2 aromatic carbocycles. The normalized spacial score (nSPS) is 14.0.